The molecule has 0 saturated carbocycles. The fraction of sp³-hybridized carbons (Fsp3) is 0.217. The summed E-state index contributed by atoms with van der Waals surface area (Å²) in [6.45, 7) is 3.99. The second kappa shape index (κ2) is 10.4. The van der Waals surface area contributed by atoms with Crippen molar-refractivity contribution in [3.05, 3.63) is 82.1 Å². The number of aryl methyl sites for hydroxylation is 2. The van der Waals surface area contributed by atoms with Crippen LogP contribution in [0.5, 0.6) is 0 Å². The standard InChI is InChI=1S/C23H23ClN4O2S/c1-14-9-10-17(11-15(14)2)26-21(29)19(12-16-7-5-4-6-8-16)27-22(30)20-18(24)13-25-23(28-20)31-3/h4-11,13,19H,12H2,1-3H3,(H,26,29)(H,27,30). The van der Waals surface area contributed by atoms with Gasteiger partial charge >= 0.3 is 0 Å². The lowest BCUT2D eigenvalue weighted by atomic mass is 10.0. The highest BCUT2D eigenvalue weighted by molar-refractivity contribution is 7.98. The van der Waals surface area contributed by atoms with Crippen LogP contribution in [0, 0.1) is 13.8 Å². The van der Waals surface area contributed by atoms with E-state index in [2.05, 4.69) is 20.6 Å². The minimum atomic E-state index is -0.819. The number of halogens is 1. The maximum Gasteiger partial charge on any atom is 0.272 e. The summed E-state index contributed by atoms with van der Waals surface area (Å²) in [7, 11) is 0. The van der Waals surface area contributed by atoms with E-state index in [0.717, 1.165) is 16.7 Å². The number of nitrogens with one attached hydrogen (secondary N) is 2. The molecule has 0 spiro atoms. The molecule has 0 saturated heterocycles. The third-order valence-electron chi connectivity index (χ3n) is 4.80. The van der Waals surface area contributed by atoms with Gasteiger partial charge in [-0.25, -0.2) is 9.97 Å². The Balaban J connectivity index is 1.84. The molecule has 2 N–H and O–H groups in total. The predicted octanol–water partition coefficient (Wildman–Crippen LogP) is 4.45. The zero-order valence-electron chi connectivity index (χ0n) is 17.5. The van der Waals surface area contributed by atoms with E-state index < -0.39 is 11.9 Å². The Kier molecular flexibility index (Phi) is 7.65. The number of carbonyl (C=O) groups is 2. The van der Waals surface area contributed by atoms with E-state index in [4.69, 9.17) is 11.6 Å². The zero-order chi connectivity index (χ0) is 22.4. The maximum absolute atomic E-state index is 13.1. The van der Waals surface area contributed by atoms with E-state index in [-0.39, 0.29) is 16.6 Å². The summed E-state index contributed by atoms with van der Waals surface area (Å²) in [5.41, 5.74) is 3.83. The first-order chi connectivity index (χ1) is 14.9. The number of nitrogens with zero attached hydrogens (tertiary/aromatic N) is 2. The van der Waals surface area contributed by atoms with Crippen LogP contribution in [0.1, 0.15) is 27.2 Å². The molecule has 2 aromatic carbocycles. The molecule has 0 fully saturated rings. The van der Waals surface area contributed by atoms with E-state index in [9.17, 15) is 9.59 Å². The Bertz CT molecular complexity index is 1090. The molecule has 1 unspecified atom stereocenters. The van der Waals surface area contributed by atoms with Crippen LogP contribution in [0.25, 0.3) is 0 Å². The van der Waals surface area contributed by atoms with E-state index in [1.54, 1.807) is 6.26 Å². The molecule has 0 bridgehead atoms. The van der Waals surface area contributed by atoms with Crippen molar-refractivity contribution in [2.75, 3.05) is 11.6 Å². The number of thioether (sulfide) groups is 1. The monoisotopic (exact) mass is 454 g/mol. The van der Waals surface area contributed by atoms with Crippen LogP contribution in [0.15, 0.2) is 59.9 Å². The Hall–Kier alpha value is -2.90. The van der Waals surface area contributed by atoms with Crippen LogP contribution < -0.4 is 10.6 Å². The number of hydrogen-bond donors (Lipinski definition) is 2. The van der Waals surface area contributed by atoms with Gasteiger partial charge in [0.15, 0.2) is 10.9 Å². The third-order valence-corrected chi connectivity index (χ3v) is 5.64. The van der Waals surface area contributed by atoms with Crippen molar-refractivity contribution in [3.63, 3.8) is 0 Å². The molecule has 1 heterocycles. The van der Waals surface area contributed by atoms with Gasteiger partial charge in [-0.15, -0.1) is 0 Å². The van der Waals surface area contributed by atoms with Crippen molar-refractivity contribution in [2.45, 2.75) is 31.5 Å². The summed E-state index contributed by atoms with van der Waals surface area (Å²) in [5.74, 6) is -0.852. The highest BCUT2D eigenvalue weighted by Crippen LogP contribution is 2.18. The molecular formula is C23H23ClN4O2S. The maximum atomic E-state index is 13.1. The minimum Gasteiger partial charge on any atom is -0.338 e. The highest BCUT2D eigenvalue weighted by atomic mass is 35.5. The topological polar surface area (TPSA) is 84.0 Å². The van der Waals surface area contributed by atoms with Gasteiger partial charge in [0.1, 0.15) is 6.04 Å². The normalized spacial score (nSPS) is 11.6. The number of benzene rings is 2. The molecule has 2 amide bonds. The number of carbonyl (C=O) groups excluding carboxylic acids is 2. The Morgan fingerprint density at radius 2 is 1.84 bits per heavy atom. The van der Waals surface area contributed by atoms with Crippen molar-refractivity contribution in [1.82, 2.24) is 15.3 Å². The molecule has 0 aliphatic carbocycles. The summed E-state index contributed by atoms with van der Waals surface area (Å²) in [4.78, 5) is 34.3. The van der Waals surface area contributed by atoms with Crippen LogP contribution in [0.3, 0.4) is 0 Å². The van der Waals surface area contributed by atoms with Crippen LogP contribution in [-0.4, -0.2) is 34.1 Å². The van der Waals surface area contributed by atoms with Gasteiger partial charge in [-0.2, -0.15) is 0 Å². The lowest BCUT2D eigenvalue weighted by Crippen LogP contribution is -2.45. The van der Waals surface area contributed by atoms with Gasteiger partial charge in [0.25, 0.3) is 5.91 Å². The zero-order valence-corrected chi connectivity index (χ0v) is 19.1. The fourth-order valence-electron chi connectivity index (χ4n) is 2.94. The van der Waals surface area contributed by atoms with Gasteiger partial charge in [-0.05, 0) is 48.9 Å². The minimum absolute atomic E-state index is 0.0399. The molecule has 0 aliphatic rings. The molecule has 0 aliphatic heterocycles. The Labute approximate surface area is 190 Å². The van der Waals surface area contributed by atoms with Crippen LogP contribution in [-0.2, 0) is 11.2 Å². The first-order valence-electron chi connectivity index (χ1n) is 9.67. The first-order valence-corrected chi connectivity index (χ1v) is 11.3. The van der Waals surface area contributed by atoms with Crippen LogP contribution in [0.4, 0.5) is 5.69 Å². The van der Waals surface area contributed by atoms with Crippen molar-refractivity contribution >= 4 is 40.9 Å². The van der Waals surface area contributed by atoms with Gasteiger partial charge in [0.2, 0.25) is 5.91 Å². The number of hydrogen-bond acceptors (Lipinski definition) is 5. The van der Waals surface area contributed by atoms with Gasteiger partial charge in [0, 0.05) is 12.1 Å². The van der Waals surface area contributed by atoms with E-state index >= 15 is 0 Å². The van der Waals surface area contributed by atoms with E-state index in [1.165, 1.54) is 18.0 Å². The van der Waals surface area contributed by atoms with Crippen molar-refractivity contribution < 1.29 is 9.59 Å². The molecular weight excluding hydrogens is 432 g/mol. The van der Waals surface area contributed by atoms with Gasteiger partial charge in [0.05, 0.1) is 11.2 Å². The molecule has 3 rings (SSSR count). The molecule has 3 aromatic rings. The summed E-state index contributed by atoms with van der Waals surface area (Å²) in [6, 6.07) is 14.4. The number of rotatable bonds is 7. The van der Waals surface area contributed by atoms with Gasteiger partial charge in [-0.3, -0.25) is 9.59 Å². The largest absolute Gasteiger partial charge is 0.338 e. The lowest BCUT2D eigenvalue weighted by molar-refractivity contribution is -0.118. The lowest BCUT2D eigenvalue weighted by Gasteiger charge is -2.19. The van der Waals surface area contributed by atoms with E-state index in [0.29, 0.717) is 17.3 Å². The fourth-order valence-corrected chi connectivity index (χ4v) is 3.46. The average Bonchev–Trinajstić information content (AvgIpc) is 2.76. The number of anilines is 1. The smallest absolute Gasteiger partial charge is 0.272 e. The second-order valence-corrected chi connectivity index (χ2v) is 8.24. The average molecular weight is 455 g/mol. The van der Waals surface area contributed by atoms with Crippen molar-refractivity contribution in [2.24, 2.45) is 0 Å². The highest BCUT2D eigenvalue weighted by Gasteiger charge is 2.24. The van der Waals surface area contributed by atoms with Gasteiger partial charge in [-0.1, -0.05) is 59.8 Å². The Morgan fingerprint density at radius 1 is 1.10 bits per heavy atom. The first kappa shape index (κ1) is 22.8. The quantitative estimate of drug-likeness (QED) is 0.407. The predicted molar refractivity (Wildman–Crippen MR) is 125 cm³/mol. The van der Waals surface area contributed by atoms with Crippen molar-refractivity contribution in [1.29, 1.82) is 0 Å². The summed E-state index contributed by atoms with van der Waals surface area (Å²) in [5, 5.41) is 6.24. The van der Waals surface area contributed by atoms with Gasteiger partial charge < -0.3 is 10.6 Å². The molecule has 8 heteroatoms. The third kappa shape index (κ3) is 6.06. The summed E-state index contributed by atoms with van der Waals surface area (Å²) >= 11 is 7.44. The molecule has 31 heavy (non-hydrogen) atoms. The van der Waals surface area contributed by atoms with Crippen molar-refractivity contribution in [3.8, 4) is 0 Å². The number of amides is 2. The van der Waals surface area contributed by atoms with Crippen LogP contribution in [0.2, 0.25) is 5.02 Å². The molecule has 6 nitrogen and oxygen atoms in total. The molecule has 1 aromatic heterocycles. The molecule has 1 atom stereocenters. The Morgan fingerprint density at radius 3 is 2.52 bits per heavy atom. The molecule has 0 radical (unpaired) electrons. The molecule has 160 valence electrons. The van der Waals surface area contributed by atoms with E-state index in [1.807, 2.05) is 62.4 Å². The second-order valence-electron chi connectivity index (χ2n) is 7.06. The SMILES string of the molecule is CSc1ncc(Cl)c(C(=O)NC(Cc2ccccc2)C(=O)Nc2ccc(C)c(C)c2)n1. The van der Waals surface area contributed by atoms with Crippen LogP contribution >= 0.6 is 23.4 Å². The summed E-state index contributed by atoms with van der Waals surface area (Å²) in [6.07, 6.45) is 3.51. The summed E-state index contributed by atoms with van der Waals surface area (Å²) < 4.78 is 0. The number of aromatic nitrogens is 2.